The Morgan fingerprint density at radius 1 is 0.583 bits per heavy atom. The maximum atomic E-state index is 2.25. The van der Waals surface area contributed by atoms with Crippen molar-refractivity contribution in [3.05, 3.63) is 48.5 Å². The molecule has 1 heteroatoms. The zero-order valence-corrected chi connectivity index (χ0v) is 6.57. The number of nitrogens with zero attached hydrogens (tertiary/aromatic N) is 1. The van der Waals surface area contributed by atoms with Crippen molar-refractivity contribution in [2.75, 3.05) is 0 Å². The first-order chi connectivity index (χ1) is 5.95. The van der Waals surface area contributed by atoms with Gasteiger partial charge < -0.3 is 0 Å². The molecular weight excluding hydrogens is 146 g/mol. The molecule has 0 spiro atoms. The third kappa shape index (κ3) is 0.607. The molecule has 0 radical (unpaired) electrons. The Labute approximate surface area is 70.2 Å². The zero-order valence-electron chi connectivity index (χ0n) is 6.57. The Morgan fingerprint density at radius 3 is 1.50 bits per heavy atom. The maximum absolute atomic E-state index is 2.25. The second-order valence-corrected chi connectivity index (χ2v) is 2.99. The largest absolute Gasteiger partial charge is 0.212 e. The van der Waals surface area contributed by atoms with Crippen molar-refractivity contribution < 1.29 is 4.40 Å². The van der Waals surface area contributed by atoms with Crippen LogP contribution < -0.4 is 4.40 Å². The Balaban J connectivity index is 2.78. The Bertz CT molecular complexity index is 483. The molecule has 3 aromatic rings. The molecule has 0 aliphatic carbocycles. The Morgan fingerprint density at radius 2 is 1.00 bits per heavy atom. The van der Waals surface area contributed by atoms with Gasteiger partial charge in [0.2, 0.25) is 16.6 Å². The number of aromatic nitrogens is 1. The van der Waals surface area contributed by atoms with E-state index in [4.69, 9.17) is 0 Å². The standard InChI is InChI=1S/C11H8N/c1-2-4-10-6-8-11-7-5-9(3-1)12(10)11/h1-8H/q+1. The molecule has 0 amide bonds. The summed E-state index contributed by atoms with van der Waals surface area (Å²) < 4.78 is 2.25. The van der Waals surface area contributed by atoms with E-state index in [1.807, 2.05) is 0 Å². The van der Waals surface area contributed by atoms with Crippen LogP contribution in [0.15, 0.2) is 48.5 Å². The van der Waals surface area contributed by atoms with Crippen molar-refractivity contribution in [1.29, 1.82) is 0 Å². The molecule has 0 saturated heterocycles. The van der Waals surface area contributed by atoms with Gasteiger partial charge in [-0.2, -0.15) is 4.40 Å². The van der Waals surface area contributed by atoms with Crippen molar-refractivity contribution in [1.82, 2.24) is 0 Å². The van der Waals surface area contributed by atoms with E-state index in [1.165, 1.54) is 16.6 Å². The lowest BCUT2D eigenvalue weighted by Gasteiger charge is -1.72. The van der Waals surface area contributed by atoms with Gasteiger partial charge in [-0.25, -0.2) is 0 Å². The van der Waals surface area contributed by atoms with Gasteiger partial charge in [-0.15, -0.1) is 0 Å². The summed E-state index contributed by atoms with van der Waals surface area (Å²) in [5.41, 5.74) is 3.79. The first-order valence-electron chi connectivity index (χ1n) is 4.07. The first-order valence-corrected chi connectivity index (χ1v) is 4.07. The monoisotopic (exact) mass is 154 g/mol. The summed E-state index contributed by atoms with van der Waals surface area (Å²) in [6.45, 7) is 0. The lowest BCUT2D eigenvalue weighted by Crippen LogP contribution is -2.15. The van der Waals surface area contributed by atoms with Gasteiger partial charge in [0.25, 0.3) is 0 Å². The van der Waals surface area contributed by atoms with Gasteiger partial charge in [-0.05, 0) is 0 Å². The highest BCUT2D eigenvalue weighted by Gasteiger charge is 2.10. The second-order valence-electron chi connectivity index (χ2n) is 2.99. The van der Waals surface area contributed by atoms with Crippen LogP contribution in [0.5, 0.6) is 0 Å². The highest BCUT2D eigenvalue weighted by atomic mass is 14.9. The third-order valence-corrected chi connectivity index (χ3v) is 2.27. The fourth-order valence-corrected chi connectivity index (χ4v) is 1.71. The van der Waals surface area contributed by atoms with Gasteiger partial charge >= 0.3 is 0 Å². The maximum Gasteiger partial charge on any atom is 0.212 e. The van der Waals surface area contributed by atoms with Crippen molar-refractivity contribution in [3.8, 4) is 0 Å². The number of hydrogen-bond donors (Lipinski definition) is 0. The summed E-state index contributed by atoms with van der Waals surface area (Å²) in [7, 11) is 0. The molecule has 0 aliphatic rings. The van der Waals surface area contributed by atoms with Gasteiger partial charge in [0.1, 0.15) is 0 Å². The van der Waals surface area contributed by atoms with E-state index < -0.39 is 0 Å². The van der Waals surface area contributed by atoms with Gasteiger partial charge in [-0.3, -0.25) is 0 Å². The summed E-state index contributed by atoms with van der Waals surface area (Å²) >= 11 is 0. The highest BCUT2D eigenvalue weighted by molar-refractivity contribution is 5.59. The van der Waals surface area contributed by atoms with Crippen molar-refractivity contribution in [2.45, 2.75) is 0 Å². The summed E-state index contributed by atoms with van der Waals surface area (Å²) in [5.74, 6) is 0. The summed E-state index contributed by atoms with van der Waals surface area (Å²) in [6.07, 6.45) is 0. The SMILES string of the molecule is c1ccc2ccc3ccc(c1)[n+]23. The van der Waals surface area contributed by atoms with Gasteiger partial charge in [0.05, 0.1) is 0 Å². The molecule has 0 bridgehead atoms. The van der Waals surface area contributed by atoms with E-state index >= 15 is 0 Å². The molecule has 3 aromatic heterocycles. The van der Waals surface area contributed by atoms with Crippen LogP contribution in [0.3, 0.4) is 0 Å². The highest BCUT2D eigenvalue weighted by Crippen LogP contribution is 2.08. The molecule has 0 unspecified atom stereocenters. The molecule has 0 fully saturated rings. The van der Waals surface area contributed by atoms with Crippen molar-refractivity contribution in [3.63, 3.8) is 0 Å². The van der Waals surface area contributed by atoms with E-state index in [9.17, 15) is 0 Å². The molecule has 0 saturated carbocycles. The minimum Gasteiger partial charge on any atom is -0.154 e. The van der Waals surface area contributed by atoms with E-state index in [-0.39, 0.29) is 0 Å². The molecule has 12 heavy (non-hydrogen) atoms. The molecule has 3 heterocycles. The molecule has 0 N–H and O–H groups in total. The zero-order chi connectivity index (χ0) is 7.97. The van der Waals surface area contributed by atoms with E-state index in [0.717, 1.165) is 0 Å². The predicted octanol–water partition coefficient (Wildman–Crippen LogP) is 2.02. The van der Waals surface area contributed by atoms with Crippen LogP contribution >= 0.6 is 0 Å². The van der Waals surface area contributed by atoms with Crippen LogP contribution in [0, 0.1) is 0 Å². The van der Waals surface area contributed by atoms with E-state index in [0.29, 0.717) is 0 Å². The van der Waals surface area contributed by atoms with Crippen LogP contribution in [-0.2, 0) is 0 Å². The summed E-state index contributed by atoms with van der Waals surface area (Å²) in [4.78, 5) is 0. The minimum absolute atomic E-state index is 1.26. The lowest BCUT2D eigenvalue weighted by molar-refractivity contribution is -0.446. The summed E-state index contributed by atoms with van der Waals surface area (Å²) in [5, 5.41) is 0. The molecular formula is C11H8N+. The third-order valence-electron chi connectivity index (χ3n) is 2.27. The van der Waals surface area contributed by atoms with Crippen molar-refractivity contribution in [2.24, 2.45) is 0 Å². The molecule has 0 aliphatic heterocycles. The molecule has 1 nitrogen and oxygen atoms in total. The fourth-order valence-electron chi connectivity index (χ4n) is 1.71. The van der Waals surface area contributed by atoms with Crippen LogP contribution in [0.1, 0.15) is 0 Å². The molecule has 3 rings (SSSR count). The van der Waals surface area contributed by atoms with Crippen molar-refractivity contribution >= 4 is 16.6 Å². The smallest absolute Gasteiger partial charge is 0.154 e. The predicted molar refractivity (Wildman–Crippen MR) is 48.3 cm³/mol. The average Bonchev–Trinajstić information content (AvgIpc) is 2.57. The van der Waals surface area contributed by atoms with Gasteiger partial charge in [0.15, 0.2) is 0 Å². The lowest BCUT2D eigenvalue weighted by atomic mass is 10.4. The quantitative estimate of drug-likeness (QED) is 0.436. The number of hydrogen-bond acceptors (Lipinski definition) is 0. The summed E-state index contributed by atoms with van der Waals surface area (Å²) in [6, 6.07) is 17.0. The van der Waals surface area contributed by atoms with Crippen LogP contribution in [0.4, 0.5) is 0 Å². The number of rotatable bonds is 0. The minimum atomic E-state index is 1.26. The van der Waals surface area contributed by atoms with Gasteiger partial charge in [-0.1, -0.05) is 12.1 Å². The topological polar surface area (TPSA) is 4.10 Å². The van der Waals surface area contributed by atoms with Crippen LogP contribution in [0.25, 0.3) is 16.6 Å². The van der Waals surface area contributed by atoms with Gasteiger partial charge in [0, 0.05) is 36.4 Å². The van der Waals surface area contributed by atoms with E-state index in [2.05, 4.69) is 52.9 Å². The van der Waals surface area contributed by atoms with Crippen LogP contribution in [-0.4, -0.2) is 0 Å². The second kappa shape index (κ2) is 1.95. The molecule has 0 atom stereocenters. The Hall–Kier alpha value is -1.63. The molecule has 0 aromatic carbocycles. The van der Waals surface area contributed by atoms with Crippen LogP contribution in [0.2, 0.25) is 0 Å². The fraction of sp³-hybridized carbons (Fsp3) is 0. The van der Waals surface area contributed by atoms with E-state index in [1.54, 1.807) is 0 Å². The Kier molecular flexibility index (Phi) is 0.965. The normalized spacial score (nSPS) is 11.3. The average molecular weight is 154 g/mol. The first kappa shape index (κ1) is 5.95. The molecule has 56 valence electrons.